The minimum absolute atomic E-state index is 0.0575. The van der Waals surface area contributed by atoms with Gasteiger partial charge in [0.25, 0.3) is 0 Å². The van der Waals surface area contributed by atoms with Gasteiger partial charge in [0, 0.05) is 30.0 Å². The first kappa shape index (κ1) is 14.2. The van der Waals surface area contributed by atoms with Crippen LogP contribution in [0.5, 0.6) is 11.6 Å². The highest BCUT2D eigenvalue weighted by Crippen LogP contribution is 2.25. The number of benzene rings is 1. The molecule has 108 valence electrons. The van der Waals surface area contributed by atoms with Crippen molar-refractivity contribution in [2.24, 2.45) is 10.9 Å². The van der Waals surface area contributed by atoms with E-state index in [1.54, 1.807) is 0 Å². The first-order valence-electron chi connectivity index (χ1n) is 5.57. The summed E-state index contributed by atoms with van der Waals surface area (Å²) in [7, 11) is 0. The lowest BCUT2D eigenvalue weighted by Gasteiger charge is -2.05. The zero-order valence-electron chi connectivity index (χ0n) is 10.4. The van der Waals surface area contributed by atoms with Crippen LogP contribution in [0.15, 0.2) is 41.7 Å². The van der Waals surface area contributed by atoms with Gasteiger partial charge in [0.2, 0.25) is 11.7 Å². The van der Waals surface area contributed by atoms with Crippen molar-refractivity contribution in [1.29, 1.82) is 0 Å². The van der Waals surface area contributed by atoms with Crippen molar-refractivity contribution in [1.82, 2.24) is 4.98 Å². The summed E-state index contributed by atoms with van der Waals surface area (Å²) >= 11 is 0. The highest BCUT2D eigenvalue weighted by molar-refractivity contribution is 5.96. The molecule has 0 unspecified atom stereocenters. The lowest BCUT2D eigenvalue weighted by molar-refractivity contribution is -0.387. The molecule has 9 heteroatoms. The fourth-order valence-electron chi connectivity index (χ4n) is 1.47. The molecule has 8 nitrogen and oxygen atoms in total. The molecule has 0 fully saturated rings. The fraction of sp³-hybridized carbons (Fsp3) is 0. The summed E-state index contributed by atoms with van der Waals surface area (Å²) in [6.07, 6.45) is 1.30. The van der Waals surface area contributed by atoms with E-state index in [1.807, 2.05) is 0 Å². The molecule has 0 spiro atoms. The molecule has 0 atom stereocenters. The summed E-state index contributed by atoms with van der Waals surface area (Å²) in [5.74, 6) is -0.943. The predicted octanol–water partition coefficient (Wildman–Crippen LogP) is 2.02. The van der Waals surface area contributed by atoms with Gasteiger partial charge >= 0.3 is 5.69 Å². The molecule has 0 aliphatic heterocycles. The highest BCUT2D eigenvalue weighted by atomic mass is 19.1. The van der Waals surface area contributed by atoms with E-state index in [0.717, 1.165) is 12.1 Å². The zero-order chi connectivity index (χ0) is 15.4. The number of nitrogens with two attached hydrogens (primary N) is 1. The SMILES string of the molecule is NC(=NO)c1ccc(Oc2ccc([N+](=O)[O-])c(F)c2)nc1. The molecular formula is C12H9FN4O4. The number of nitro groups is 1. The van der Waals surface area contributed by atoms with E-state index in [2.05, 4.69) is 10.1 Å². The van der Waals surface area contributed by atoms with Crippen LogP contribution in [0.2, 0.25) is 0 Å². The van der Waals surface area contributed by atoms with Crippen molar-refractivity contribution in [3.05, 3.63) is 58.0 Å². The highest BCUT2D eigenvalue weighted by Gasteiger charge is 2.14. The number of halogens is 1. The van der Waals surface area contributed by atoms with Gasteiger partial charge in [0.1, 0.15) is 5.75 Å². The monoisotopic (exact) mass is 292 g/mol. The van der Waals surface area contributed by atoms with Crippen LogP contribution in [0, 0.1) is 15.9 Å². The van der Waals surface area contributed by atoms with E-state index in [4.69, 9.17) is 15.7 Å². The smallest absolute Gasteiger partial charge is 0.305 e. The van der Waals surface area contributed by atoms with Crippen molar-refractivity contribution in [3.8, 4) is 11.6 Å². The average Bonchev–Trinajstić information content (AvgIpc) is 2.47. The van der Waals surface area contributed by atoms with Crippen LogP contribution >= 0.6 is 0 Å². The lowest BCUT2D eigenvalue weighted by atomic mass is 10.2. The van der Waals surface area contributed by atoms with Crippen molar-refractivity contribution in [3.63, 3.8) is 0 Å². The summed E-state index contributed by atoms with van der Waals surface area (Å²) in [6.45, 7) is 0. The first-order chi connectivity index (χ1) is 10.0. The van der Waals surface area contributed by atoms with E-state index in [0.29, 0.717) is 5.56 Å². The van der Waals surface area contributed by atoms with Crippen LogP contribution in [0.1, 0.15) is 5.56 Å². The van der Waals surface area contributed by atoms with Gasteiger partial charge in [-0.3, -0.25) is 10.1 Å². The Hall–Kier alpha value is -3.23. The fourth-order valence-corrected chi connectivity index (χ4v) is 1.47. The molecule has 3 N–H and O–H groups in total. The molecule has 0 saturated carbocycles. The maximum atomic E-state index is 13.4. The number of hydrogen-bond acceptors (Lipinski definition) is 6. The Morgan fingerprint density at radius 2 is 2.19 bits per heavy atom. The van der Waals surface area contributed by atoms with E-state index >= 15 is 0 Å². The Balaban J connectivity index is 2.19. The van der Waals surface area contributed by atoms with Gasteiger partial charge in [-0.15, -0.1) is 0 Å². The molecule has 1 aromatic heterocycles. The number of oxime groups is 1. The number of nitrogens with zero attached hydrogens (tertiary/aromatic N) is 3. The van der Waals surface area contributed by atoms with Gasteiger partial charge in [-0.05, 0) is 12.1 Å². The summed E-state index contributed by atoms with van der Waals surface area (Å²) in [4.78, 5) is 13.5. The van der Waals surface area contributed by atoms with E-state index in [1.165, 1.54) is 24.4 Å². The largest absolute Gasteiger partial charge is 0.439 e. The predicted molar refractivity (Wildman–Crippen MR) is 69.9 cm³/mol. The van der Waals surface area contributed by atoms with Crippen LogP contribution < -0.4 is 10.5 Å². The average molecular weight is 292 g/mol. The van der Waals surface area contributed by atoms with E-state index in [9.17, 15) is 14.5 Å². The summed E-state index contributed by atoms with van der Waals surface area (Å²) < 4.78 is 18.7. The lowest BCUT2D eigenvalue weighted by Crippen LogP contribution is -2.13. The molecular weight excluding hydrogens is 283 g/mol. The number of ether oxygens (including phenoxy) is 1. The standard InChI is InChI=1S/C12H9FN4O4/c13-9-5-8(2-3-10(9)17(19)20)21-11-4-1-7(6-15-11)12(14)16-18/h1-6,18H,(H2,14,16). The Labute approximate surface area is 117 Å². The second-order valence-electron chi connectivity index (χ2n) is 3.84. The minimum atomic E-state index is -1.01. The number of rotatable bonds is 4. The zero-order valence-corrected chi connectivity index (χ0v) is 10.4. The molecule has 2 rings (SSSR count). The Morgan fingerprint density at radius 3 is 2.71 bits per heavy atom. The summed E-state index contributed by atoms with van der Waals surface area (Å²) in [5.41, 5.74) is 5.10. The van der Waals surface area contributed by atoms with Gasteiger partial charge in [-0.1, -0.05) is 5.16 Å². The minimum Gasteiger partial charge on any atom is -0.439 e. The second-order valence-corrected chi connectivity index (χ2v) is 3.84. The van der Waals surface area contributed by atoms with Gasteiger partial charge in [-0.25, -0.2) is 4.98 Å². The molecule has 21 heavy (non-hydrogen) atoms. The third-order valence-electron chi connectivity index (χ3n) is 2.48. The molecule has 2 aromatic rings. The number of pyridine rings is 1. The normalized spacial score (nSPS) is 11.2. The molecule has 0 aliphatic rings. The number of nitro benzene ring substituents is 1. The van der Waals surface area contributed by atoms with Gasteiger partial charge in [0.15, 0.2) is 5.84 Å². The molecule has 0 amide bonds. The van der Waals surface area contributed by atoms with Crippen LogP contribution in [-0.2, 0) is 0 Å². The number of amidine groups is 1. The number of hydrogen-bond donors (Lipinski definition) is 2. The van der Waals surface area contributed by atoms with Gasteiger partial charge < -0.3 is 15.7 Å². The molecule has 0 saturated heterocycles. The van der Waals surface area contributed by atoms with Crippen molar-refractivity contribution in [2.45, 2.75) is 0 Å². The summed E-state index contributed by atoms with van der Waals surface area (Å²) in [5, 5.41) is 21.8. The van der Waals surface area contributed by atoms with Crippen LogP contribution in [0.3, 0.4) is 0 Å². The first-order valence-corrected chi connectivity index (χ1v) is 5.57. The molecule has 0 aliphatic carbocycles. The van der Waals surface area contributed by atoms with Crippen LogP contribution in [0.4, 0.5) is 10.1 Å². The topological polar surface area (TPSA) is 124 Å². The van der Waals surface area contributed by atoms with Crippen molar-refractivity contribution < 1.29 is 19.3 Å². The molecule has 0 radical (unpaired) electrons. The van der Waals surface area contributed by atoms with Crippen LogP contribution in [-0.4, -0.2) is 21.0 Å². The number of aromatic nitrogens is 1. The molecule has 1 aromatic carbocycles. The van der Waals surface area contributed by atoms with Gasteiger partial charge in [0.05, 0.1) is 4.92 Å². The molecule has 0 bridgehead atoms. The maximum Gasteiger partial charge on any atom is 0.305 e. The Bertz CT molecular complexity index is 703. The van der Waals surface area contributed by atoms with Crippen molar-refractivity contribution >= 4 is 11.5 Å². The summed E-state index contributed by atoms with van der Waals surface area (Å²) in [6, 6.07) is 6.04. The third-order valence-corrected chi connectivity index (χ3v) is 2.48. The Morgan fingerprint density at radius 1 is 1.43 bits per heavy atom. The van der Waals surface area contributed by atoms with Gasteiger partial charge in [-0.2, -0.15) is 4.39 Å². The third kappa shape index (κ3) is 3.21. The van der Waals surface area contributed by atoms with E-state index in [-0.39, 0.29) is 17.5 Å². The maximum absolute atomic E-state index is 13.4. The Kier molecular flexibility index (Phi) is 3.93. The van der Waals surface area contributed by atoms with E-state index < -0.39 is 16.4 Å². The second kappa shape index (κ2) is 5.82. The van der Waals surface area contributed by atoms with Crippen LogP contribution in [0.25, 0.3) is 0 Å². The van der Waals surface area contributed by atoms with Crippen molar-refractivity contribution in [2.75, 3.05) is 0 Å². The molecule has 1 heterocycles. The quantitative estimate of drug-likeness (QED) is 0.292.